The second kappa shape index (κ2) is 6.30. The number of methoxy groups -OCH3 is 1. The zero-order chi connectivity index (χ0) is 15.4. The molecule has 0 fully saturated rings. The van der Waals surface area contributed by atoms with E-state index in [9.17, 15) is 9.90 Å². The quantitative estimate of drug-likeness (QED) is 0.886. The highest BCUT2D eigenvalue weighted by Gasteiger charge is 2.34. The number of hydrogen-bond acceptors (Lipinski definition) is 4. The van der Waals surface area contributed by atoms with Crippen molar-refractivity contribution >= 4 is 0 Å². The van der Waals surface area contributed by atoms with Crippen molar-refractivity contribution in [1.82, 2.24) is 9.55 Å². The summed E-state index contributed by atoms with van der Waals surface area (Å²) in [6.45, 7) is 10.7. The number of nitrogens with zero attached hydrogens (tertiary/aromatic N) is 2. The molecule has 1 aromatic rings. The number of aryl methyl sites for hydroxylation is 2. The number of rotatable bonds is 2. The summed E-state index contributed by atoms with van der Waals surface area (Å²) in [6, 6.07) is 0. The molecule has 110 valence electrons. The molecule has 0 aromatic carbocycles. The molecule has 0 spiro atoms. The lowest BCUT2D eigenvalue weighted by molar-refractivity contribution is -0.129. The molecule has 0 aliphatic heterocycles. The SMILES string of the molecule is COC(C)(C)C(C)(C)O.Cc1ncc(C)n(C)c1=O. The Morgan fingerprint density at radius 2 is 1.74 bits per heavy atom. The molecule has 5 nitrogen and oxygen atoms in total. The fraction of sp³-hybridized carbons (Fsp3) is 0.714. The summed E-state index contributed by atoms with van der Waals surface area (Å²) < 4.78 is 6.64. The lowest BCUT2D eigenvalue weighted by Gasteiger charge is -2.35. The standard InChI is InChI=1S/C7H10N2O.C7H16O2/c1-5-4-8-6(2)7(10)9(5)3;1-6(2,8)7(3,4)9-5/h4H,1-3H3;8H,1-5H3. The van der Waals surface area contributed by atoms with Crippen LogP contribution in [0.3, 0.4) is 0 Å². The maximum atomic E-state index is 11.1. The van der Waals surface area contributed by atoms with E-state index in [4.69, 9.17) is 4.74 Å². The summed E-state index contributed by atoms with van der Waals surface area (Å²) in [5, 5.41) is 9.42. The zero-order valence-corrected chi connectivity index (χ0v) is 13.2. The topological polar surface area (TPSA) is 64.3 Å². The Bertz CT molecular complexity index is 471. The van der Waals surface area contributed by atoms with Crippen molar-refractivity contribution < 1.29 is 9.84 Å². The van der Waals surface area contributed by atoms with E-state index < -0.39 is 11.2 Å². The van der Waals surface area contributed by atoms with Gasteiger partial charge in [-0.1, -0.05) is 0 Å². The van der Waals surface area contributed by atoms with Gasteiger partial charge in [0.2, 0.25) is 0 Å². The van der Waals surface area contributed by atoms with E-state index in [1.807, 2.05) is 20.8 Å². The Hall–Kier alpha value is -1.20. The molecule has 19 heavy (non-hydrogen) atoms. The number of hydrogen-bond donors (Lipinski definition) is 1. The summed E-state index contributed by atoms with van der Waals surface area (Å²) in [5.74, 6) is 0. The van der Waals surface area contributed by atoms with Crippen LogP contribution >= 0.6 is 0 Å². The van der Waals surface area contributed by atoms with Crippen LogP contribution in [0.15, 0.2) is 11.0 Å². The van der Waals surface area contributed by atoms with E-state index >= 15 is 0 Å². The van der Waals surface area contributed by atoms with Crippen LogP contribution in [0.5, 0.6) is 0 Å². The largest absolute Gasteiger partial charge is 0.387 e. The van der Waals surface area contributed by atoms with Crippen LogP contribution in [0, 0.1) is 13.8 Å². The maximum Gasteiger partial charge on any atom is 0.271 e. The van der Waals surface area contributed by atoms with E-state index in [0.29, 0.717) is 5.69 Å². The number of aliphatic hydroxyl groups is 1. The van der Waals surface area contributed by atoms with Crippen molar-refractivity contribution in [2.24, 2.45) is 7.05 Å². The van der Waals surface area contributed by atoms with Gasteiger partial charge in [0.15, 0.2) is 0 Å². The first-order valence-corrected chi connectivity index (χ1v) is 6.21. The predicted molar refractivity (Wildman–Crippen MR) is 76.3 cm³/mol. The zero-order valence-electron chi connectivity index (χ0n) is 13.2. The molecule has 1 rings (SSSR count). The first kappa shape index (κ1) is 17.8. The number of ether oxygens (including phenoxy) is 1. The lowest BCUT2D eigenvalue weighted by Crippen LogP contribution is -2.46. The third-order valence-electron chi connectivity index (χ3n) is 3.57. The van der Waals surface area contributed by atoms with Gasteiger partial charge in [-0.3, -0.25) is 9.78 Å². The molecule has 1 heterocycles. The molecule has 0 amide bonds. The van der Waals surface area contributed by atoms with E-state index in [1.165, 1.54) is 0 Å². The van der Waals surface area contributed by atoms with Gasteiger partial charge in [-0.15, -0.1) is 0 Å². The maximum absolute atomic E-state index is 11.1. The highest BCUT2D eigenvalue weighted by Crippen LogP contribution is 2.23. The van der Waals surface area contributed by atoms with Gasteiger partial charge in [-0.25, -0.2) is 0 Å². The van der Waals surface area contributed by atoms with Crippen LogP contribution < -0.4 is 5.56 Å². The summed E-state index contributed by atoms with van der Waals surface area (Å²) in [7, 11) is 3.34. The molecule has 0 saturated carbocycles. The molecular formula is C14H26N2O3. The Labute approximate surface area is 115 Å². The molecule has 0 unspecified atom stereocenters. The average molecular weight is 270 g/mol. The van der Waals surface area contributed by atoms with Crippen LogP contribution in [0.25, 0.3) is 0 Å². The molecular weight excluding hydrogens is 244 g/mol. The van der Waals surface area contributed by atoms with Crippen LogP contribution in [0.4, 0.5) is 0 Å². The fourth-order valence-electron chi connectivity index (χ4n) is 0.985. The molecule has 0 radical (unpaired) electrons. The minimum atomic E-state index is -0.776. The van der Waals surface area contributed by atoms with Gasteiger partial charge in [0, 0.05) is 26.0 Å². The highest BCUT2D eigenvalue weighted by atomic mass is 16.5. The molecule has 5 heteroatoms. The highest BCUT2D eigenvalue weighted by molar-refractivity contribution is 5.01. The van der Waals surface area contributed by atoms with Crippen molar-refractivity contribution in [1.29, 1.82) is 0 Å². The third kappa shape index (κ3) is 4.76. The van der Waals surface area contributed by atoms with Crippen LogP contribution in [-0.4, -0.2) is 33.0 Å². The second-order valence-electron chi connectivity index (χ2n) is 5.62. The Morgan fingerprint density at radius 1 is 1.26 bits per heavy atom. The van der Waals surface area contributed by atoms with Crippen molar-refractivity contribution in [3.8, 4) is 0 Å². The van der Waals surface area contributed by atoms with E-state index in [0.717, 1.165) is 5.69 Å². The molecule has 0 bridgehead atoms. The summed E-state index contributed by atoms with van der Waals surface area (Å²) in [6.07, 6.45) is 1.69. The minimum Gasteiger partial charge on any atom is -0.387 e. The van der Waals surface area contributed by atoms with Gasteiger partial charge in [0.25, 0.3) is 5.56 Å². The molecule has 1 aromatic heterocycles. The molecule has 0 aliphatic rings. The van der Waals surface area contributed by atoms with Crippen LogP contribution in [-0.2, 0) is 11.8 Å². The fourth-order valence-corrected chi connectivity index (χ4v) is 0.985. The first-order chi connectivity index (χ1) is 8.44. The third-order valence-corrected chi connectivity index (χ3v) is 3.57. The van der Waals surface area contributed by atoms with Crippen molar-refractivity contribution in [3.05, 3.63) is 27.9 Å². The molecule has 0 atom stereocenters. The minimum absolute atomic E-state index is 0.0139. The monoisotopic (exact) mass is 270 g/mol. The van der Waals surface area contributed by atoms with Gasteiger partial charge >= 0.3 is 0 Å². The number of aromatic nitrogens is 2. The van der Waals surface area contributed by atoms with Gasteiger partial charge in [0.05, 0.1) is 11.2 Å². The predicted octanol–water partition coefficient (Wildman–Crippen LogP) is 1.58. The summed E-state index contributed by atoms with van der Waals surface area (Å²) in [4.78, 5) is 15.0. The Morgan fingerprint density at radius 3 is 2.00 bits per heavy atom. The molecule has 0 aliphatic carbocycles. The van der Waals surface area contributed by atoms with Gasteiger partial charge < -0.3 is 14.4 Å². The Kier molecular flexibility index (Phi) is 5.90. The van der Waals surface area contributed by atoms with Gasteiger partial charge in [0.1, 0.15) is 5.69 Å². The van der Waals surface area contributed by atoms with E-state index in [1.54, 1.807) is 45.7 Å². The molecule has 0 saturated heterocycles. The second-order valence-corrected chi connectivity index (χ2v) is 5.62. The van der Waals surface area contributed by atoms with Gasteiger partial charge in [-0.2, -0.15) is 0 Å². The smallest absolute Gasteiger partial charge is 0.271 e. The van der Waals surface area contributed by atoms with Crippen LogP contribution in [0.1, 0.15) is 39.1 Å². The summed E-state index contributed by atoms with van der Waals surface area (Å²) >= 11 is 0. The molecule has 1 N–H and O–H groups in total. The van der Waals surface area contributed by atoms with Gasteiger partial charge in [-0.05, 0) is 41.5 Å². The normalized spacial score (nSPS) is 11.8. The van der Waals surface area contributed by atoms with E-state index in [2.05, 4.69) is 4.98 Å². The van der Waals surface area contributed by atoms with Crippen molar-refractivity contribution in [3.63, 3.8) is 0 Å². The van der Waals surface area contributed by atoms with E-state index in [-0.39, 0.29) is 5.56 Å². The lowest BCUT2D eigenvalue weighted by atomic mass is 9.90. The summed E-state index contributed by atoms with van der Waals surface area (Å²) in [5.41, 5.74) is 0.179. The Balaban J connectivity index is 0.000000344. The average Bonchev–Trinajstić information content (AvgIpc) is 2.31. The first-order valence-electron chi connectivity index (χ1n) is 6.21. The van der Waals surface area contributed by atoms with Crippen LogP contribution in [0.2, 0.25) is 0 Å². The van der Waals surface area contributed by atoms with Crippen molar-refractivity contribution in [2.45, 2.75) is 52.7 Å². The van der Waals surface area contributed by atoms with Crippen molar-refractivity contribution in [2.75, 3.05) is 7.11 Å².